The van der Waals surface area contributed by atoms with Crippen LogP contribution >= 0.6 is 47.3 Å². The van der Waals surface area contributed by atoms with Gasteiger partial charge in [0.2, 0.25) is 0 Å². The van der Waals surface area contributed by atoms with Crippen molar-refractivity contribution in [1.82, 2.24) is 10.6 Å². The van der Waals surface area contributed by atoms with E-state index in [0.717, 1.165) is 24.1 Å². The maximum absolute atomic E-state index is 5.85. The standard InChI is InChI=1S/C14H22ClN3S.HI/c1-16-14(17-9-3-4-10-19-2)18-11-12-5-7-13(15)8-6-12;/h5-8H,3-4,9-11H2,1-2H3,(H2,16,17,18);1H. The number of unbranched alkanes of at least 4 members (excludes halogenated alkanes) is 1. The van der Waals surface area contributed by atoms with E-state index in [-0.39, 0.29) is 24.0 Å². The Bertz CT molecular complexity index is 385. The monoisotopic (exact) mass is 427 g/mol. The van der Waals surface area contributed by atoms with Crippen LogP contribution < -0.4 is 10.6 Å². The van der Waals surface area contributed by atoms with Crippen molar-refractivity contribution in [2.24, 2.45) is 4.99 Å². The predicted octanol–water partition coefficient (Wildman–Crippen LogP) is 3.77. The lowest BCUT2D eigenvalue weighted by Gasteiger charge is -2.11. The van der Waals surface area contributed by atoms with Gasteiger partial charge in [0.15, 0.2) is 5.96 Å². The van der Waals surface area contributed by atoms with Crippen molar-refractivity contribution in [3.63, 3.8) is 0 Å². The molecule has 0 atom stereocenters. The molecule has 0 aliphatic heterocycles. The Morgan fingerprint density at radius 2 is 1.90 bits per heavy atom. The molecule has 2 N–H and O–H groups in total. The SMILES string of the molecule is CN=C(NCCCCSC)NCc1ccc(Cl)cc1.I. The minimum Gasteiger partial charge on any atom is -0.356 e. The Hall–Kier alpha value is -0.140. The Kier molecular flexibility index (Phi) is 12.5. The van der Waals surface area contributed by atoms with Crippen LogP contribution in [0, 0.1) is 0 Å². The normalized spacial score (nSPS) is 10.8. The van der Waals surface area contributed by atoms with E-state index in [9.17, 15) is 0 Å². The summed E-state index contributed by atoms with van der Waals surface area (Å²) in [6.45, 7) is 1.71. The number of thioether (sulfide) groups is 1. The summed E-state index contributed by atoms with van der Waals surface area (Å²) in [6.07, 6.45) is 4.55. The highest BCUT2D eigenvalue weighted by molar-refractivity contribution is 14.0. The van der Waals surface area contributed by atoms with Gasteiger partial charge in [-0.25, -0.2) is 0 Å². The van der Waals surface area contributed by atoms with E-state index in [2.05, 4.69) is 21.9 Å². The van der Waals surface area contributed by atoms with Crippen LogP contribution in [0.25, 0.3) is 0 Å². The third-order valence-corrected chi connectivity index (χ3v) is 3.61. The van der Waals surface area contributed by atoms with Gasteiger partial charge in [-0.2, -0.15) is 11.8 Å². The molecule has 114 valence electrons. The zero-order valence-corrected chi connectivity index (χ0v) is 15.9. The molecular weight excluding hydrogens is 405 g/mol. The molecule has 0 unspecified atom stereocenters. The summed E-state index contributed by atoms with van der Waals surface area (Å²) in [7, 11) is 1.79. The lowest BCUT2D eigenvalue weighted by atomic mass is 10.2. The van der Waals surface area contributed by atoms with Gasteiger partial charge in [0, 0.05) is 25.2 Å². The van der Waals surface area contributed by atoms with Crippen LogP contribution in [-0.2, 0) is 6.54 Å². The molecule has 0 saturated heterocycles. The fraction of sp³-hybridized carbons (Fsp3) is 0.500. The summed E-state index contributed by atoms with van der Waals surface area (Å²) >= 11 is 7.74. The van der Waals surface area contributed by atoms with Crippen molar-refractivity contribution in [2.75, 3.05) is 25.6 Å². The second-order valence-corrected chi connectivity index (χ2v) is 5.60. The number of aliphatic imine (C=N–C) groups is 1. The van der Waals surface area contributed by atoms with E-state index in [1.807, 2.05) is 36.0 Å². The molecule has 0 bridgehead atoms. The fourth-order valence-electron chi connectivity index (χ4n) is 1.59. The van der Waals surface area contributed by atoms with E-state index in [4.69, 9.17) is 11.6 Å². The highest BCUT2D eigenvalue weighted by atomic mass is 127. The smallest absolute Gasteiger partial charge is 0.191 e. The largest absolute Gasteiger partial charge is 0.356 e. The van der Waals surface area contributed by atoms with Gasteiger partial charge in [-0.1, -0.05) is 23.7 Å². The summed E-state index contributed by atoms with van der Waals surface area (Å²) in [4.78, 5) is 4.20. The number of rotatable bonds is 7. The van der Waals surface area contributed by atoms with Gasteiger partial charge in [0.25, 0.3) is 0 Å². The Morgan fingerprint density at radius 1 is 1.20 bits per heavy atom. The molecule has 20 heavy (non-hydrogen) atoms. The zero-order chi connectivity index (χ0) is 13.9. The molecule has 0 spiro atoms. The fourth-order valence-corrected chi connectivity index (χ4v) is 2.21. The van der Waals surface area contributed by atoms with Crippen molar-refractivity contribution in [3.05, 3.63) is 34.9 Å². The van der Waals surface area contributed by atoms with Crippen LogP contribution in [0.3, 0.4) is 0 Å². The van der Waals surface area contributed by atoms with Crippen LogP contribution in [-0.4, -0.2) is 31.6 Å². The number of nitrogens with zero attached hydrogens (tertiary/aromatic N) is 1. The van der Waals surface area contributed by atoms with Crippen molar-refractivity contribution in [1.29, 1.82) is 0 Å². The van der Waals surface area contributed by atoms with Gasteiger partial charge in [0.1, 0.15) is 0 Å². The average molecular weight is 428 g/mol. The van der Waals surface area contributed by atoms with Gasteiger partial charge in [0.05, 0.1) is 0 Å². The van der Waals surface area contributed by atoms with E-state index in [1.54, 1.807) is 7.05 Å². The minimum absolute atomic E-state index is 0. The zero-order valence-electron chi connectivity index (χ0n) is 12.0. The van der Waals surface area contributed by atoms with Crippen molar-refractivity contribution >= 4 is 53.3 Å². The van der Waals surface area contributed by atoms with Crippen molar-refractivity contribution in [3.8, 4) is 0 Å². The van der Waals surface area contributed by atoms with Gasteiger partial charge in [-0.05, 0) is 42.5 Å². The highest BCUT2D eigenvalue weighted by Crippen LogP contribution is 2.08. The molecule has 0 radical (unpaired) electrons. The first-order valence-corrected chi connectivity index (χ1v) is 8.21. The predicted molar refractivity (Wildman–Crippen MR) is 103 cm³/mol. The van der Waals surface area contributed by atoms with Gasteiger partial charge < -0.3 is 10.6 Å². The van der Waals surface area contributed by atoms with Gasteiger partial charge in [-0.3, -0.25) is 4.99 Å². The third-order valence-electron chi connectivity index (χ3n) is 2.66. The number of hydrogen-bond acceptors (Lipinski definition) is 2. The number of hydrogen-bond donors (Lipinski definition) is 2. The van der Waals surface area contributed by atoms with E-state index in [0.29, 0.717) is 0 Å². The quantitative estimate of drug-likeness (QED) is 0.301. The Balaban J connectivity index is 0.00000361. The molecule has 0 aromatic heterocycles. The molecule has 0 fully saturated rings. The summed E-state index contributed by atoms with van der Waals surface area (Å²) < 4.78 is 0. The van der Waals surface area contributed by atoms with Crippen LogP contribution in [0.1, 0.15) is 18.4 Å². The molecule has 1 rings (SSSR count). The molecule has 1 aromatic carbocycles. The number of guanidine groups is 1. The summed E-state index contributed by atoms with van der Waals surface area (Å²) in [5.74, 6) is 2.07. The average Bonchev–Trinajstić information content (AvgIpc) is 2.44. The van der Waals surface area contributed by atoms with Crippen molar-refractivity contribution < 1.29 is 0 Å². The molecule has 1 aromatic rings. The van der Waals surface area contributed by atoms with Gasteiger partial charge >= 0.3 is 0 Å². The van der Waals surface area contributed by atoms with Crippen LogP contribution in [0.2, 0.25) is 5.02 Å². The summed E-state index contributed by atoms with van der Waals surface area (Å²) in [5, 5.41) is 7.36. The second kappa shape index (κ2) is 12.6. The molecule has 6 heteroatoms. The first-order valence-electron chi connectivity index (χ1n) is 6.44. The van der Waals surface area contributed by atoms with Crippen LogP contribution in [0.15, 0.2) is 29.3 Å². The first-order chi connectivity index (χ1) is 9.26. The molecule has 0 saturated carbocycles. The van der Waals surface area contributed by atoms with E-state index >= 15 is 0 Å². The Morgan fingerprint density at radius 3 is 2.50 bits per heavy atom. The first kappa shape index (κ1) is 19.9. The molecule has 0 amide bonds. The van der Waals surface area contributed by atoms with Crippen LogP contribution in [0.5, 0.6) is 0 Å². The highest BCUT2D eigenvalue weighted by Gasteiger charge is 1.98. The third kappa shape index (κ3) is 8.92. The number of benzene rings is 1. The number of nitrogens with one attached hydrogen (secondary N) is 2. The topological polar surface area (TPSA) is 36.4 Å². The molecule has 0 aliphatic carbocycles. The maximum atomic E-state index is 5.85. The molecule has 0 heterocycles. The summed E-state index contributed by atoms with van der Waals surface area (Å²) in [5.41, 5.74) is 1.19. The Labute approximate surface area is 148 Å². The van der Waals surface area contributed by atoms with Gasteiger partial charge in [-0.15, -0.1) is 24.0 Å². The lowest BCUT2D eigenvalue weighted by molar-refractivity contribution is 0.733. The molecular formula is C14H23ClIN3S. The van der Waals surface area contributed by atoms with Crippen LogP contribution in [0.4, 0.5) is 0 Å². The second-order valence-electron chi connectivity index (χ2n) is 4.18. The van der Waals surface area contributed by atoms with E-state index < -0.39 is 0 Å². The molecule has 3 nitrogen and oxygen atoms in total. The number of halogens is 2. The maximum Gasteiger partial charge on any atom is 0.191 e. The minimum atomic E-state index is 0. The van der Waals surface area contributed by atoms with E-state index in [1.165, 1.54) is 24.2 Å². The summed E-state index contributed by atoms with van der Waals surface area (Å²) in [6, 6.07) is 7.83. The molecule has 0 aliphatic rings. The van der Waals surface area contributed by atoms with Crippen molar-refractivity contribution in [2.45, 2.75) is 19.4 Å². The lowest BCUT2D eigenvalue weighted by Crippen LogP contribution is -2.37.